The van der Waals surface area contributed by atoms with E-state index in [-0.39, 0.29) is 13.0 Å². The van der Waals surface area contributed by atoms with Gasteiger partial charge in [-0.2, -0.15) is 0 Å². The Hall–Kier alpha value is -2.18. The number of rotatable bonds is 3. The summed E-state index contributed by atoms with van der Waals surface area (Å²) in [4.78, 5) is 3.18. The van der Waals surface area contributed by atoms with Crippen LogP contribution in [0, 0.1) is 0 Å². The molecule has 4 rings (SSSR count). The van der Waals surface area contributed by atoms with E-state index in [9.17, 15) is 15.3 Å². The maximum atomic E-state index is 10.3. The molecule has 1 aromatic heterocycles. The van der Waals surface area contributed by atoms with E-state index >= 15 is 0 Å². The van der Waals surface area contributed by atoms with Crippen molar-refractivity contribution in [2.24, 2.45) is 0 Å². The lowest BCUT2D eigenvalue weighted by Crippen LogP contribution is -2.44. The van der Waals surface area contributed by atoms with E-state index in [0.29, 0.717) is 0 Å². The van der Waals surface area contributed by atoms with E-state index in [4.69, 9.17) is 4.74 Å². The normalized spacial score (nSPS) is 26.8. The monoisotopic (exact) mass is 339 g/mol. The maximum Gasteiger partial charge on any atom is 0.109 e. The molecule has 0 bridgehead atoms. The van der Waals surface area contributed by atoms with Gasteiger partial charge in [0.05, 0.1) is 18.8 Å². The summed E-state index contributed by atoms with van der Waals surface area (Å²) in [5.41, 5.74) is 4.04. The summed E-state index contributed by atoms with van der Waals surface area (Å²) < 4.78 is 5.74. The first-order valence-corrected chi connectivity index (χ1v) is 8.45. The molecule has 4 atom stereocenters. The average Bonchev–Trinajstić information content (AvgIpc) is 3.09. The molecule has 1 aliphatic heterocycles. The second-order valence-corrected chi connectivity index (χ2v) is 6.55. The Balaban J connectivity index is 1.66. The minimum Gasteiger partial charge on any atom is -0.394 e. The molecule has 4 N–H and O–H groups in total. The van der Waals surface area contributed by atoms with Crippen LogP contribution in [0.3, 0.4) is 0 Å². The lowest BCUT2D eigenvalue weighted by molar-refractivity contribution is -0.181. The molecule has 2 heterocycles. The molecular formula is C20H21NO4. The van der Waals surface area contributed by atoms with Gasteiger partial charge in [0.25, 0.3) is 0 Å². The van der Waals surface area contributed by atoms with Gasteiger partial charge in [0, 0.05) is 18.1 Å². The first kappa shape index (κ1) is 16.3. The average molecular weight is 339 g/mol. The van der Waals surface area contributed by atoms with Gasteiger partial charge in [-0.15, -0.1) is 0 Å². The lowest BCUT2D eigenvalue weighted by atomic mass is 9.92. The highest BCUT2D eigenvalue weighted by atomic mass is 16.5. The second kappa shape index (κ2) is 6.61. The fraction of sp³-hybridized carbons (Fsp3) is 0.300. The number of nitrogens with one attached hydrogen (secondary N) is 1. The van der Waals surface area contributed by atoms with Crippen molar-refractivity contribution in [1.82, 2.24) is 4.98 Å². The highest BCUT2D eigenvalue weighted by molar-refractivity contribution is 5.85. The number of aromatic nitrogens is 1. The van der Waals surface area contributed by atoms with Gasteiger partial charge in [-0.05, 0) is 46.3 Å². The number of aliphatic hydroxyl groups is 3. The third-order valence-electron chi connectivity index (χ3n) is 4.86. The second-order valence-electron chi connectivity index (χ2n) is 6.55. The minimum absolute atomic E-state index is 0.190. The number of ether oxygens (including phenoxy) is 1. The van der Waals surface area contributed by atoms with Gasteiger partial charge in [-0.1, -0.05) is 24.3 Å². The molecule has 1 aliphatic rings. The van der Waals surface area contributed by atoms with Crippen molar-refractivity contribution >= 4 is 10.9 Å². The molecule has 130 valence electrons. The number of fused-ring (bicyclic) bond motifs is 1. The van der Waals surface area contributed by atoms with E-state index < -0.39 is 24.4 Å². The molecule has 0 unspecified atom stereocenters. The molecule has 0 aliphatic carbocycles. The summed E-state index contributed by atoms with van der Waals surface area (Å²) in [6.45, 7) is -0.270. The van der Waals surface area contributed by atoms with Crippen molar-refractivity contribution in [3.63, 3.8) is 0 Å². The Bertz CT molecular complexity index is 875. The van der Waals surface area contributed by atoms with Crippen molar-refractivity contribution in [1.29, 1.82) is 0 Å². The van der Waals surface area contributed by atoms with Crippen LogP contribution in [0.15, 0.2) is 54.7 Å². The van der Waals surface area contributed by atoms with E-state index in [1.807, 2.05) is 42.6 Å². The first-order valence-electron chi connectivity index (χ1n) is 8.45. The Kier molecular flexibility index (Phi) is 4.31. The molecule has 25 heavy (non-hydrogen) atoms. The van der Waals surface area contributed by atoms with Crippen LogP contribution in [-0.2, 0) is 4.74 Å². The molecule has 0 saturated carbocycles. The third kappa shape index (κ3) is 3.07. The number of aromatic amines is 1. The van der Waals surface area contributed by atoms with Crippen LogP contribution >= 0.6 is 0 Å². The largest absolute Gasteiger partial charge is 0.394 e. The van der Waals surface area contributed by atoms with Crippen molar-refractivity contribution < 1.29 is 20.1 Å². The Morgan fingerprint density at radius 3 is 2.68 bits per heavy atom. The molecule has 1 fully saturated rings. The molecule has 1 saturated heterocycles. The molecule has 0 amide bonds. The van der Waals surface area contributed by atoms with Gasteiger partial charge in [-0.3, -0.25) is 0 Å². The van der Waals surface area contributed by atoms with Crippen LogP contribution in [0.2, 0.25) is 0 Å². The lowest BCUT2D eigenvalue weighted by Gasteiger charge is -2.36. The zero-order valence-electron chi connectivity index (χ0n) is 13.7. The van der Waals surface area contributed by atoms with Crippen LogP contribution in [0.5, 0.6) is 0 Å². The van der Waals surface area contributed by atoms with Crippen LogP contribution in [0.4, 0.5) is 0 Å². The minimum atomic E-state index is -0.851. The van der Waals surface area contributed by atoms with Crippen molar-refractivity contribution in [2.45, 2.75) is 30.8 Å². The van der Waals surface area contributed by atoms with Crippen molar-refractivity contribution in [3.05, 3.63) is 60.3 Å². The molecule has 0 spiro atoms. The van der Waals surface area contributed by atoms with Gasteiger partial charge in [-0.25, -0.2) is 0 Å². The summed E-state index contributed by atoms with van der Waals surface area (Å²) in [5.74, 6) is 0. The highest BCUT2D eigenvalue weighted by Crippen LogP contribution is 2.34. The number of benzene rings is 2. The van der Waals surface area contributed by atoms with E-state index in [2.05, 4.69) is 17.1 Å². The van der Waals surface area contributed by atoms with Crippen LogP contribution in [0.25, 0.3) is 22.0 Å². The summed E-state index contributed by atoms with van der Waals surface area (Å²) in [5, 5.41) is 30.7. The standard InChI is InChI=1S/C20H21NO4/c22-11-19-17(23)10-18(24)20(25-19)15-3-1-2-12(9-15)13-4-5-16-14(8-13)6-7-21-16/h1-9,17-24H,10-11H2/t17-,18-,19+,20+/m0/s1. The number of hydrogen-bond acceptors (Lipinski definition) is 4. The molecule has 5 heteroatoms. The molecule has 0 radical (unpaired) electrons. The van der Waals surface area contributed by atoms with Gasteiger partial charge >= 0.3 is 0 Å². The quantitative estimate of drug-likeness (QED) is 0.590. The summed E-state index contributed by atoms with van der Waals surface area (Å²) >= 11 is 0. The van der Waals surface area contributed by atoms with Gasteiger partial charge < -0.3 is 25.0 Å². The highest BCUT2D eigenvalue weighted by Gasteiger charge is 2.36. The Morgan fingerprint density at radius 2 is 1.84 bits per heavy atom. The van der Waals surface area contributed by atoms with E-state index in [1.54, 1.807) is 0 Å². The smallest absolute Gasteiger partial charge is 0.109 e. The number of aliphatic hydroxyl groups excluding tert-OH is 3. The molecular weight excluding hydrogens is 318 g/mol. The molecule has 5 nitrogen and oxygen atoms in total. The van der Waals surface area contributed by atoms with Gasteiger partial charge in [0.2, 0.25) is 0 Å². The van der Waals surface area contributed by atoms with Crippen LogP contribution < -0.4 is 0 Å². The van der Waals surface area contributed by atoms with Crippen molar-refractivity contribution in [3.8, 4) is 11.1 Å². The fourth-order valence-electron chi connectivity index (χ4n) is 3.49. The molecule has 2 aromatic carbocycles. The predicted octanol–water partition coefficient (Wildman–Crippen LogP) is 2.38. The summed E-state index contributed by atoms with van der Waals surface area (Å²) in [7, 11) is 0. The number of H-pyrrole nitrogens is 1. The van der Waals surface area contributed by atoms with E-state index in [1.165, 1.54) is 0 Å². The Labute approximate surface area is 145 Å². The maximum absolute atomic E-state index is 10.3. The van der Waals surface area contributed by atoms with E-state index in [0.717, 1.165) is 27.6 Å². The number of hydrogen-bond donors (Lipinski definition) is 4. The van der Waals surface area contributed by atoms with Crippen molar-refractivity contribution in [2.75, 3.05) is 6.61 Å². The first-order chi connectivity index (χ1) is 12.2. The fourth-order valence-corrected chi connectivity index (χ4v) is 3.49. The SMILES string of the molecule is OC[C@H]1O[C@H](c2cccc(-c3ccc4[nH]ccc4c3)c2)[C@@H](O)C[C@@H]1O. The summed E-state index contributed by atoms with van der Waals surface area (Å²) in [6.07, 6.45) is -0.784. The zero-order chi connectivity index (χ0) is 17.4. The zero-order valence-corrected chi connectivity index (χ0v) is 13.7. The van der Waals surface area contributed by atoms with Gasteiger partial charge in [0.1, 0.15) is 12.2 Å². The Morgan fingerprint density at radius 1 is 1.00 bits per heavy atom. The summed E-state index contributed by atoms with van der Waals surface area (Å²) in [6, 6.07) is 16.1. The van der Waals surface area contributed by atoms with Crippen LogP contribution in [-0.4, -0.2) is 45.2 Å². The molecule has 3 aromatic rings. The van der Waals surface area contributed by atoms with Gasteiger partial charge in [0.15, 0.2) is 0 Å². The third-order valence-corrected chi connectivity index (χ3v) is 4.86. The van der Waals surface area contributed by atoms with Crippen LogP contribution in [0.1, 0.15) is 18.1 Å². The topological polar surface area (TPSA) is 85.7 Å². The predicted molar refractivity (Wildman–Crippen MR) is 95.1 cm³/mol.